The summed E-state index contributed by atoms with van der Waals surface area (Å²) in [6.07, 6.45) is 0.792. The molecule has 2 rings (SSSR count). The minimum Gasteiger partial charge on any atom is -0.392 e. The van der Waals surface area contributed by atoms with Gasteiger partial charge in [0.25, 0.3) is 0 Å². The molecule has 1 saturated heterocycles. The highest BCUT2D eigenvalue weighted by atomic mass is 16.5. The van der Waals surface area contributed by atoms with Gasteiger partial charge in [0.2, 0.25) is 0 Å². The molecule has 1 aliphatic rings. The fourth-order valence-corrected chi connectivity index (χ4v) is 3.47. The first-order chi connectivity index (χ1) is 8.91. The average molecular weight is 262 g/mol. The summed E-state index contributed by atoms with van der Waals surface area (Å²) >= 11 is 0. The first kappa shape index (κ1) is 14.5. The van der Waals surface area contributed by atoms with E-state index >= 15 is 0 Å². The summed E-state index contributed by atoms with van der Waals surface area (Å²) in [5.74, 6) is 0.642. The Hall–Kier alpha value is -0.860. The first-order valence-electron chi connectivity index (χ1n) is 7.30. The Bertz CT molecular complexity index is 421. The van der Waals surface area contributed by atoms with Crippen molar-refractivity contribution in [1.29, 1.82) is 0 Å². The van der Waals surface area contributed by atoms with Gasteiger partial charge in [-0.3, -0.25) is 0 Å². The Balaban J connectivity index is 2.15. The second kappa shape index (κ2) is 5.64. The molecule has 0 spiro atoms. The van der Waals surface area contributed by atoms with Gasteiger partial charge in [-0.1, -0.05) is 25.1 Å². The summed E-state index contributed by atoms with van der Waals surface area (Å²) in [7, 11) is 0. The third-order valence-electron chi connectivity index (χ3n) is 4.82. The van der Waals surface area contributed by atoms with Crippen LogP contribution in [-0.2, 0) is 11.2 Å². The lowest BCUT2D eigenvalue weighted by molar-refractivity contribution is 0.0239. The zero-order chi connectivity index (χ0) is 14.2. The number of rotatable bonds is 3. The zero-order valence-electron chi connectivity index (χ0n) is 12.7. The molecule has 0 aliphatic carbocycles. The topological polar surface area (TPSA) is 29.5 Å². The number of ether oxygens (including phenoxy) is 1. The molecular weight excluding hydrogens is 236 g/mol. The van der Waals surface area contributed by atoms with E-state index in [-0.39, 0.29) is 24.2 Å². The maximum atomic E-state index is 10.6. The van der Waals surface area contributed by atoms with Crippen molar-refractivity contribution in [2.45, 2.75) is 59.4 Å². The second-order valence-electron chi connectivity index (χ2n) is 6.12. The number of aryl methyl sites for hydroxylation is 2. The van der Waals surface area contributed by atoms with E-state index in [0.717, 1.165) is 6.42 Å². The molecule has 1 N–H and O–H groups in total. The summed E-state index contributed by atoms with van der Waals surface area (Å²) in [5, 5.41) is 10.6. The molecule has 0 aromatic heterocycles. The van der Waals surface area contributed by atoms with Crippen LogP contribution in [-0.4, -0.2) is 23.4 Å². The quantitative estimate of drug-likeness (QED) is 0.906. The van der Waals surface area contributed by atoms with Crippen molar-refractivity contribution < 1.29 is 9.84 Å². The van der Waals surface area contributed by atoms with Gasteiger partial charge in [0.1, 0.15) is 0 Å². The Kier molecular flexibility index (Phi) is 4.32. The molecule has 106 valence electrons. The summed E-state index contributed by atoms with van der Waals surface area (Å²) in [6, 6.07) is 6.32. The Morgan fingerprint density at radius 3 is 2.16 bits per heavy atom. The average Bonchev–Trinajstić information content (AvgIpc) is 2.58. The van der Waals surface area contributed by atoms with E-state index in [9.17, 15) is 5.11 Å². The third-order valence-corrected chi connectivity index (χ3v) is 4.82. The van der Waals surface area contributed by atoms with Crippen LogP contribution in [0.3, 0.4) is 0 Å². The summed E-state index contributed by atoms with van der Waals surface area (Å²) < 4.78 is 5.85. The molecule has 5 atom stereocenters. The molecule has 0 amide bonds. The molecule has 0 saturated carbocycles. The lowest BCUT2D eigenvalue weighted by atomic mass is 9.81. The maximum Gasteiger partial charge on any atom is 0.0637 e. The fraction of sp³-hybridized carbons (Fsp3) is 0.647. The molecule has 1 heterocycles. The fourth-order valence-electron chi connectivity index (χ4n) is 3.47. The van der Waals surface area contributed by atoms with Gasteiger partial charge in [-0.15, -0.1) is 0 Å². The van der Waals surface area contributed by atoms with Gasteiger partial charge in [0.05, 0.1) is 18.3 Å². The van der Waals surface area contributed by atoms with Crippen molar-refractivity contribution in [3.63, 3.8) is 0 Å². The summed E-state index contributed by atoms with van der Waals surface area (Å²) in [5.41, 5.74) is 3.83. The van der Waals surface area contributed by atoms with Crippen LogP contribution in [0.1, 0.15) is 37.5 Å². The van der Waals surface area contributed by atoms with Crippen LogP contribution in [0.15, 0.2) is 18.2 Å². The molecular formula is C17H26O2. The van der Waals surface area contributed by atoms with Gasteiger partial charge in [0, 0.05) is 5.92 Å². The van der Waals surface area contributed by atoms with Crippen LogP contribution in [0, 0.1) is 25.7 Å². The minimum absolute atomic E-state index is 0.143. The standard InChI is InChI=1S/C17H26O2/c1-10-7-6-8-11(2)15(10)9-16(18)17-12(3)13(4)19-14(17)5/h6-8,12-14,16-18H,9H2,1-5H3. The largest absolute Gasteiger partial charge is 0.392 e. The molecule has 5 unspecified atom stereocenters. The van der Waals surface area contributed by atoms with Crippen LogP contribution in [0.25, 0.3) is 0 Å². The maximum absolute atomic E-state index is 10.6. The summed E-state index contributed by atoms with van der Waals surface area (Å²) in [4.78, 5) is 0. The van der Waals surface area contributed by atoms with Crippen LogP contribution >= 0.6 is 0 Å². The summed E-state index contributed by atoms with van der Waals surface area (Å²) in [6.45, 7) is 10.6. The SMILES string of the molecule is Cc1cccc(C)c1CC(O)C1C(C)OC(C)C1C. The van der Waals surface area contributed by atoms with E-state index in [2.05, 4.69) is 52.8 Å². The van der Waals surface area contributed by atoms with Crippen molar-refractivity contribution in [3.8, 4) is 0 Å². The van der Waals surface area contributed by atoms with Crippen LogP contribution in [0.5, 0.6) is 0 Å². The van der Waals surface area contributed by atoms with Gasteiger partial charge in [-0.25, -0.2) is 0 Å². The monoisotopic (exact) mass is 262 g/mol. The predicted octanol–water partition coefficient (Wildman–Crippen LogP) is 3.27. The Morgan fingerprint density at radius 2 is 1.68 bits per heavy atom. The second-order valence-corrected chi connectivity index (χ2v) is 6.12. The van der Waals surface area contributed by atoms with E-state index in [0.29, 0.717) is 5.92 Å². The number of hydrogen-bond donors (Lipinski definition) is 1. The minimum atomic E-state index is -0.324. The molecule has 2 nitrogen and oxygen atoms in total. The molecule has 1 fully saturated rings. The smallest absolute Gasteiger partial charge is 0.0637 e. The molecule has 0 bridgehead atoms. The van der Waals surface area contributed by atoms with Crippen molar-refractivity contribution in [1.82, 2.24) is 0 Å². The third kappa shape index (κ3) is 2.85. The molecule has 19 heavy (non-hydrogen) atoms. The van der Waals surface area contributed by atoms with Crippen molar-refractivity contribution in [2.75, 3.05) is 0 Å². The molecule has 0 radical (unpaired) electrons. The number of aliphatic hydroxyl groups excluding tert-OH is 1. The van der Waals surface area contributed by atoms with Crippen molar-refractivity contribution in [2.24, 2.45) is 11.8 Å². The van der Waals surface area contributed by atoms with Crippen LogP contribution in [0.2, 0.25) is 0 Å². The van der Waals surface area contributed by atoms with E-state index < -0.39 is 0 Å². The van der Waals surface area contributed by atoms with E-state index in [1.54, 1.807) is 0 Å². The number of aliphatic hydroxyl groups is 1. The molecule has 2 heteroatoms. The van der Waals surface area contributed by atoms with Crippen LogP contribution < -0.4 is 0 Å². The van der Waals surface area contributed by atoms with Gasteiger partial charge in [-0.05, 0) is 56.7 Å². The molecule has 1 aromatic carbocycles. The Morgan fingerprint density at radius 1 is 1.11 bits per heavy atom. The highest BCUT2D eigenvalue weighted by Crippen LogP contribution is 2.35. The highest BCUT2D eigenvalue weighted by Gasteiger charge is 2.41. The van der Waals surface area contributed by atoms with Gasteiger partial charge in [-0.2, -0.15) is 0 Å². The number of benzene rings is 1. The first-order valence-corrected chi connectivity index (χ1v) is 7.30. The zero-order valence-corrected chi connectivity index (χ0v) is 12.7. The lowest BCUT2D eigenvalue weighted by Gasteiger charge is -2.26. The van der Waals surface area contributed by atoms with Crippen molar-refractivity contribution in [3.05, 3.63) is 34.9 Å². The molecule has 1 aromatic rings. The van der Waals surface area contributed by atoms with Gasteiger partial charge >= 0.3 is 0 Å². The van der Waals surface area contributed by atoms with E-state index in [1.807, 2.05) is 0 Å². The van der Waals surface area contributed by atoms with E-state index in [4.69, 9.17) is 4.74 Å². The van der Waals surface area contributed by atoms with Crippen LogP contribution in [0.4, 0.5) is 0 Å². The van der Waals surface area contributed by atoms with Gasteiger partial charge < -0.3 is 9.84 Å². The van der Waals surface area contributed by atoms with Gasteiger partial charge in [0.15, 0.2) is 0 Å². The normalized spacial score (nSPS) is 32.5. The molecule has 1 aliphatic heterocycles. The van der Waals surface area contributed by atoms with Crippen molar-refractivity contribution >= 4 is 0 Å². The lowest BCUT2D eigenvalue weighted by Crippen LogP contribution is -2.32. The number of hydrogen-bond acceptors (Lipinski definition) is 2. The Labute approximate surface area is 116 Å². The predicted molar refractivity (Wildman–Crippen MR) is 78.3 cm³/mol. The van der Waals surface area contributed by atoms with E-state index in [1.165, 1.54) is 16.7 Å². The highest BCUT2D eigenvalue weighted by molar-refractivity contribution is 5.34.